The van der Waals surface area contributed by atoms with Crippen LogP contribution >= 0.6 is 0 Å². The van der Waals surface area contributed by atoms with Gasteiger partial charge in [-0.2, -0.15) is 0 Å². The molecule has 1 saturated heterocycles. The van der Waals surface area contributed by atoms with Gasteiger partial charge in [0.1, 0.15) is 23.2 Å². The number of anilines is 1. The minimum absolute atomic E-state index is 0.0216. The Morgan fingerprint density at radius 2 is 2.00 bits per heavy atom. The number of nitrogens with one attached hydrogen (secondary N) is 2. The van der Waals surface area contributed by atoms with Crippen molar-refractivity contribution in [1.29, 1.82) is 0 Å². The number of nitrogens with zero attached hydrogens (tertiary/aromatic N) is 1. The predicted octanol–water partition coefficient (Wildman–Crippen LogP) is -0.129. The van der Waals surface area contributed by atoms with Gasteiger partial charge in [-0.1, -0.05) is 0 Å². The number of amides is 2. The third kappa shape index (κ3) is 2.58. The Morgan fingerprint density at radius 1 is 1.24 bits per heavy atom. The number of benzene rings is 1. The molecule has 0 unspecified atom stereocenters. The largest absolute Gasteiger partial charge is 0.497 e. The van der Waals surface area contributed by atoms with Crippen molar-refractivity contribution >= 4 is 23.5 Å². The van der Waals surface area contributed by atoms with Crippen LogP contribution in [0.3, 0.4) is 0 Å². The van der Waals surface area contributed by atoms with Crippen LogP contribution < -0.4 is 25.2 Å². The summed E-state index contributed by atoms with van der Waals surface area (Å²) in [7, 11) is 2.90. The molecule has 2 N–H and O–H groups in total. The van der Waals surface area contributed by atoms with Crippen molar-refractivity contribution in [3.05, 3.63) is 29.5 Å². The van der Waals surface area contributed by atoms with Crippen LogP contribution in [0.25, 0.3) is 0 Å². The van der Waals surface area contributed by atoms with E-state index in [4.69, 9.17) is 14.2 Å². The highest BCUT2D eigenvalue weighted by atomic mass is 16.5. The molecule has 0 radical (unpaired) electrons. The number of fused-ring (bicyclic) bond motifs is 1. The summed E-state index contributed by atoms with van der Waals surface area (Å²) >= 11 is 0. The molecule has 9 nitrogen and oxygen atoms in total. The van der Waals surface area contributed by atoms with E-state index in [1.54, 1.807) is 19.1 Å². The monoisotopic (exact) mass is 347 g/mol. The van der Waals surface area contributed by atoms with Crippen molar-refractivity contribution in [2.45, 2.75) is 13.0 Å². The van der Waals surface area contributed by atoms with Crippen molar-refractivity contribution in [2.24, 2.45) is 0 Å². The summed E-state index contributed by atoms with van der Waals surface area (Å²) in [6.07, 6.45) is 0. The van der Waals surface area contributed by atoms with Gasteiger partial charge in [-0.25, -0.2) is 15.1 Å². The molecule has 0 aromatic heterocycles. The summed E-state index contributed by atoms with van der Waals surface area (Å²) in [5.41, 5.74) is 5.40. The number of hydrogen-bond donors (Lipinski definition) is 2. The molecule has 0 saturated carbocycles. The Kier molecular flexibility index (Phi) is 4.32. The third-order valence-corrected chi connectivity index (χ3v) is 3.91. The van der Waals surface area contributed by atoms with Crippen molar-refractivity contribution in [3.63, 3.8) is 0 Å². The second-order valence-electron chi connectivity index (χ2n) is 5.23. The zero-order chi connectivity index (χ0) is 18.1. The van der Waals surface area contributed by atoms with E-state index in [1.807, 2.05) is 0 Å². The van der Waals surface area contributed by atoms with Crippen LogP contribution in [0.15, 0.2) is 29.5 Å². The van der Waals surface area contributed by atoms with Crippen LogP contribution in [0.2, 0.25) is 0 Å². The van der Waals surface area contributed by atoms with Gasteiger partial charge in [0.15, 0.2) is 0 Å². The number of methoxy groups -OCH3 is 2. The number of rotatable bonds is 5. The van der Waals surface area contributed by atoms with Gasteiger partial charge in [0.25, 0.3) is 11.8 Å². The van der Waals surface area contributed by atoms with E-state index >= 15 is 0 Å². The lowest BCUT2D eigenvalue weighted by Gasteiger charge is -2.19. The van der Waals surface area contributed by atoms with Gasteiger partial charge < -0.3 is 19.6 Å². The molecule has 1 atom stereocenters. The molecule has 9 heteroatoms. The maximum atomic E-state index is 12.8. The fraction of sp³-hybridized carbons (Fsp3) is 0.312. The Balaban J connectivity index is 2.06. The summed E-state index contributed by atoms with van der Waals surface area (Å²) in [6, 6.07) is 3.79. The first kappa shape index (κ1) is 16.8. The Morgan fingerprint density at radius 3 is 2.64 bits per heavy atom. The molecule has 3 rings (SSSR count). The lowest BCUT2D eigenvalue weighted by molar-refractivity contribution is -0.139. The number of hydrogen-bond acceptors (Lipinski definition) is 8. The summed E-state index contributed by atoms with van der Waals surface area (Å²) < 4.78 is 15.3. The molecule has 2 heterocycles. The lowest BCUT2D eigenvalue weighted by atomic mass is 10.1. The minimum Gasteiger partial charge on any atom is -0.497 e. The molecule has 2 aliphatic heterocycles. The number of esters is 1. The van der Waals surface area contributed by atoms with E-state index in [0.717, 1.165) is 4.90 Å². The first-order valence-corrected chi connectivity index (χ1v) is 7.56. The minimum atomic E-state index is -0.970. The number of ether oxygens (including phenoxy) is 3. The van der Waals surface area contributed by atoms with Crippen LogP contribution in [-0.2, 0) is 19.1 Å². The van der Waals surface area contributed by atoms with Gasteiger partial charge in [0, 0.05) is 6.07 Å². The fourth-order valence-corrected chi connectivity index (χ4v) is 2.76. The van der Waals surface area contributed by atoms with E-state index in [9.17, 15) is 14.4 Å². The number of carbonyl (C=O) groups excluding carboxylic acids is 3. The van der Waals surface area contributed by atoms with E-state index in [-0.39, 0.29) is 23.6 Å². The Labute approximate surface area is 143 Å². The quantitative estimate of drug-likeness (QED) is 0.560. The summed E-state index contributed by atoms with van der Waals surface area (Å²) in [6.45, 7) is 1.80. The second-order valence-corrected chi connectivity index (χ2v) is 5.23. The molecular formula is C16H17N3O6. The van der Waals surface area contributed by atoms with E-state index in [2.05, 4.69) is 10.9 Å². The lowest BCUT2D eigenvalue weighted by Crippen LogP contribution is -2.42. The zero-order valence-electron chi connectivity index (χ0n) is 13.9. The maximum Gasteiger partial charge on any atom is 0.356 e. The average molecular weight is 347 g/mol. The van der Waals surface area contributed by atoms with Gasteiger partial charge in [-0.15, -0.1) is 0 Å². The molecule has 2 amide bonds. The molecule has 1 fully saturated rings. The molecule has 132 valence electrons. The van der Waals surface area contributed by atoms with Crippen LogP contribution in [0.5, 0.6) is 11.5 Å². The third-order valence-electron chi connectivity index (χ3n) is 3.91. The van der Waals surface area contributed by atoms with E-state index in [0.29, 0.717) is 11.5 Å². The Bertz CT molecular complexity index is 788. The number of carbonyl (C=O) groups is 3. The SMILES string of the molecule is CCOC(=O)C1=C2C(=O)N(c3cc(OC)ccc3OC)C(=O)[C@@H]2NN1. The maximum absolute atomic E-state index is 12.8. The van der Waals surface area contributed by atoms with Crippen molar-refractivity contribution < 1.29 is 28.6 Å². The van der Waals surface area contributed by atoms with Crippen molar-refractivity contribution in [1.82, 2.24) is 10.9 Å². The number of imide groups is 1. The predicted molar refractivity (Wildman–Crippen MR) is 85.8 cm³/mol. The highest BCUT2D eigenvalue weighted by Crippen LogP contribution is 2.38. The second kappa shape index (κ2) is 6.44. The van der Waals surface area contributed by atoms with Gasteiger partial charge in [0.2, 0.25) is 0 Å². The zero-order valence-corrected chi connectivity index (χ0v) is 13.9. The molecule has 1 aromatic rings. The molecule has 0 spiro atoms. The smallest absolute Gasteiger partial charge is 0.356 e. The molecule has 1 aromatic carbocycles. The van der Waals surface area contributed by atoms with Gasteiger partial charge in [-0.3, -0.25) is 9.59 Å². The van der Waals surface area contributed by atoms with E-state index < -0.39 is 23.8 Å². The van der Waals surface area contributed by atoms with Gasteiger partial charge in [-0.05, 0) is 19.1 Å². The van der Waals surface area contributed by atoms with Crippen molar-refractivity contribution in [2.75, 3.05) is 25.7 Å². The molecule has 25 heavy (non-hydrogen) atoms. The summed E-state index contributed by atoms with van der Waals surface area (Å²) in [5, 5.41) is 0. The van der Waals surface area contributed by atoms with Gasteiger partial charge in [0.05, 0.1) is 32.1 Å². The van der Waals surface area contributed by atoms with Crippen molar-refractivity contribution in [3.8, 4) is 11.5 Å². The topological polar surface area (TPSA) is 106 Å². The molecule has 0 bridgehead atoms. The van der Waals surface area contributed by atoms with Crippen LogP contribution in [0.1, 0.15) is 6.92 Å². The molecule has 0 aliphatic carbocycles. The summed E-state index contributed by atoms with van der Waals surface area (Å²) in [4.78, 5) is 38.5. The number of hydrazine groups is 1. The normalized spacial score (nSPS) is 19.0. The average Bonchev–Trinajstić information content (AvgIpc) is 3.15. The highest BCUT2D eigenvalue weighted by molar-refractivity contribution is 6.33. The summed E-state index contributed by atoms with van der Waals surface area (Å²) in [5.74, 6) is -1.07. The highest BCUT2D eigenvalue weighted by Gasteiger charge is 2.51. The first-order valence-electron chi connectivity index (χ1n) is 7.56. The Hall–Kier alpha value is -3.07. The molecular weight excluding hydrogens is 330 g/mol. The molecule has 2 aliphatic rings. The fourth-order valence-electron chi connectivity index (χ4n) is 2.76. The van der Waals surface area contributed by atoms with E-state index in [1.165, 1.54) is 20.3 Å². The van der Waals surface area contributed by atoms with Crippen LogP contribution in [0, 0.1) is 0 Å². The van der Waals surface area contributed by atoms with Crippen LogP contribution in [-0.4, -0.2) is 44.7 Å². The standard InChI is InChI=1S/C16H17N3O6/c1-4-25-16(22)13-11-12(17-18-13)15(21)19(14(11)20)9-7-8(23-2)5-6-10(9)24-3/h5-7,12,17-18H,4H2,1-3H3/t12-/m1/s1. The van der Waals surface area contributed by atoms with Crippen LogP contribution in [0.4, 0.5) is 5.69 Å². The first-order chi connectivity index (χ1) is 12.0. The van der Waals surface area contributed by atoms with Gasteiger partial charge >= 0.3 is 5.97 Å².